The molecule has 1 saturated heterocycles. The molecule has 0 spiro atoms. The maximum absolute atomic E-state index is 12.4. The van der Waals surface area contributed by atoms with Gasteiger partial charge in [0.1, 0.15) is 0 Å². The Balaban J connectivity index is 1.94. The average molecular weight is 305 g/mol. The van der Waals surface area contributed by atoms with E-state index in [1.165, 1.54) is 11.1 Å². The molecular weight excluding hydrogens is 282 g/mol. The number of aliphatic carboxylic acids is 1. The number of carboxylic acids is 1. The number of carbonyl (C=O) groups excluding carboxylic acids is 1. The second-order valence-corrected chi connectivity index (χ2v) is 5.89. The molecule has 5 heteroatoms. The first-order chi connectivity index (χ1) is 10.5. The molecule has 0 bridgehead atoms. The Morgan fingerprint density at radius 1 is 1.41 bits per heavy atom. The first-order valence-electron chi connectivity index (χ1n) is 7.64. The topological polar surface area (TPSA) is 66.8 Å². The van der Waals surface area contributed by atoms with Crippen molar-refractivity contribution in [3.8, 4) is 0 Å². The molecule has 0 aromatic heterocycles. The van der Waals surface area contributed by atoms with E-state index in [2.05, 4.69) is 13.0 Å². The van der Waals surface area contributed by atoms with Crippen LogP contribution in [0.1, 0.15) is 36.8 Å². The number of carboxylic acid groups (broad SMARTS) is 1. The number of benzene rings is 1. The van der Waals surface area contributed by atoms with Crippen LogP contribution in [0.4, 0.5) is 0 Å². The average Bonchev–Trinajstić information content (AvgIpc) is 2.47. The van der Waals surface area contributed by atoms with Crippen LogP contribution >= 0.6 is 0 Å². The number of morpholine rings is 1. The molecule has 1 fully saturated rings. The van der Waals surface area contributed by atoms with Crippen LogP contribution in [0.5, 0.6) is 0 Å². The molecule has 1 aliphatic rings. The van der Waals surface area contributed by atoms with Gasteiger partial charge in [-0.1, -0.05) is 31.2 Å². The lowest BCUT2D eigenvalue weighted by Gasteiger charge is -2.33. The van der Waals surface area contributed by atoms with Gasteiger partial charge in [0.05, 0.1) is 19.1 Å². The number of hydrogen-bond acceptors (Lipinski definition) is 3. The number of hydrogen-bond donors (Lipinski definition) is 1. The maximum atomic E-state index is 12.4. The van der Waals surface area contributed by atoms with Crippen molar-refractivity contribution in [3.05, 3.63) is 35.4 Å². The molecule has 1 N–H and O–H groups in total. The van der Waals surface area contributed by atoms with Gasteiger partial charge in [0, 0.05) is 19.5 Å². The molecule has 2 rings (SSSR count). The van der Waals surface area contributed by atoms with Crippen LogP contribution in [0.3, 0.4) is 0 Å². The maximum Gasteiger partial charge on any atom is 0.306 e. The Hall–Kier alpha value is -1.88. The Morgan fingerprint density at radius 3 is 2.82 bits per heavy atom. The molecule has 1 amide bonds. The summed E-state index contributed by atoms with van der Waals surface area (Å²) in [6, 6.07) is 8.08. The minimum absolute atomic E-state index is 0.0584. The molecule has 5 nitrogen and oxygen atoms in total. The van der Waals surface area contributed by atoms with Gasteiger partial charge in [-0.25, -0.2) is 0 Å². The van der Waals surface area contributed by atoms with E-state index in [0.29, 0.717) is 26.1 Å². The summed E-state index contributed by atoms with van der Waals surface area (Å²) in [5.41, 5.74) is 2.37. The summed E-state index contributed by atoms with van der Waals surface area (Å²) in [6.07, 6.45) is -0.0223. The molecule has 0 saturated carbocycles. The van der Waals surface area contributed by atoms with Crippen LogP contribution in [0.15, 0.2) is 24.3 Å². The highest BCUT2D eigenvalue weighted by molar-refractivity contribution is 5.77. The molecule has 2 atom stereocenters. The summed E-state index contributed by atoms with van der Waals surface area (Å²) in [7, 11) is 0. The van der Waals surface area contributed by atoms with Gasteiger partial charge in [-0.3, -0.25) is 9.59 Å². The largest absolute Gasteiger partial charge is 0.481 e. The molecule has 22 heavy (non-hydrogen) atoms. The minimum atomic E-state index is -0.896. The van der Waals surface area contributed by atoms with E-state index in [1.807, 2.05) is 25.1 Å². The van der Waals surface area contributed by atoms with Crippen LogP contribution in [-0.2, 0) is 14.3 Å². The van der Waals surface area contributed by atoms with Gasteiger partial charge >= 0.3 is 5.97 Å². The molecule has 1 aromatic carbocycles. The van der Waals surface area contributed by atoms with Crippen molar-refractivity contribution < 1.29 is 19.4 Å². The monoisotopic (exact) mass is 305 g/mol. The lowest BCUT2D eigenvalue weighted by Crippen LogP contribution is -2.46. The molecule has 120 valence electrons. The Labute approximate surface area is 130 Å². The van der Waals surface area contributed by atoms with Crippen molar-refractivity contribution >= 4 is 11.9 Å². The first kappa shape index (κ1) is 16.5. The number of ether oxygens (including phenoxy) is 1. The van der Waals surface area contributed by atoms with Gasteiger partial charge in [-0.15, -0.1) is 0 Å². The third-order valence-corrected chi connectivity index (χ3v) is 4.09. The van der Waals surface area contributed by atoms with E-state index < -0.39 is 12.1 Å². The number of nitrogens with zero attached hydrogens (tertiary/aromatic N) is 1. The summed E-state index contributed by atoms with van der Waals surface area (Å²) < 4.78 is 5.40. The van der Waals surface area contributed by atoms with Gasteiger partial charge in [0.15, 0.2) is 0 Å². The van der Waals surface area contributed by atoms with Crippen molar-refractivity contribution in [1.29, 1.82) is 0 Å². The van der Waals surface area contributed by atoms with Crippen molar-refractivity contribution in [3.63, 3.8) is 0 Å². The van der Waals surface area contributed by atoms with Crippen LogP contribution in [-0.4, -0.2) is 47.7 Å². The molecule has 0 aliphatic carbocycles. The van der Waals surface area contributed by atoms with E-state index in [0.717, 1.165) is 0 Å². The van der Waals surface area contributed by atoms with E-state index in [1.54, 1.807) is 4.90 Å². The van der Waals surface area contributed by atoms with Crippen molar-refractivity contribution in [2.75, 3.05) is 19.7 Å². The number of carbonyl (C=O) groups is 2. The Morgan fingerprint density at radius 2 is 2.14 bits per heavy atom. The summed E-state index contributed by atoms with van der Waals surface area (Å²) >= 11 is 0. The van der Waals surface area contributed by atoms with E-state index in [4.69, 9.17) is 9.84 Å². The van der Waals surface area contributed by atoms with Gasteiger partial charge in [0.25, 0.3) is 0 Å². The second-order valence-electron chi connectivity index (χ2n) is 5.89. The van der Waals surface area contributed by atoms with E-state index in [9.17, 15) is 9.59 Å². The predicted octanol–water partition coefficient (Wildman–Crippen LogP) is 2.19. The fraction of sp³-hybridized carbons (Fsp3) is 0.529. The zero-order chi connectivity index (χ0) is 16.1. The smallest absolute Gasteiger partial charge is 0.306 e. The predicted molar refractivity (Wildman–Crippen MR) is 82.8 cm³/mol. The SMILES string of the molecule is Cc1ccccc1[C@@H](C)CC(=O)N1CCO[C@H](CC(=O)O)C1. The molecule has 0 radical (unpaired) electrons. The zero-order valence-corrected chi connectivity index (χ0v) is 13.1. The van der Waals surface area contributed by atoms with Crippen LogP contribution < -0.4 is 0 Å². The highest BCUT2D eigenvalue weighted by Crippen LogP contribution is 2.23. The zero-order valence-electron chi connectivity index (χ0n) is 13.1. The van der Waals surface area contributed by atoms with Crippen LogP contribution in [0, 0.1) is 6.92 Å². The Bertz CT molecular complexity index is 543. The molecule has 1 aliphatic heterocycles. The van der Waals surface area contributed by atoms with E-state index >= 15 is 0 Å². The second kappa shape index (κ2) is 7.40. The number of aryl methyl sites for hydroxylation is 1. The van der Waals surface area contributed by atoms with Gasteiger partial charge in [-0.2, -0.15) is 0 Å². The molecule has 0 unspecified atom stereocenters. The summed E-state index contributed by atoms with van der Waals surface area (Å²) in [6.45, 7) is 5.41. The first-order valence-corrected chi connectivity index (χ1v) is 7.64. The fourth-order valence-corrected chi connectivity index (χ4v) is 2.90. The third-order valence-electron chi connectivity index (χ3n) is 4.09. The Kier molecular flexibility index (Phi) is 5.55. The van der Waals surface area contributed by atoms with Crippen LogP contribution in [0.2, 0.25) is 0 Å². The fourth-order valence-electron chi connectivity index (χ4n) is 2.90. The van der Waals surface area contributed by atoms with Gasteiger partial charge in [-0.05, 0) is 24.0 Å². The third kappa shape index (κ3) is 4.31. The highest BCUT2D eigenvalue weighted by Gasteiger charge is 2.27. The van der Waals surface area contributed by atoms with Gasteiger partial charge in [0.2, 0.25) is 5.91 Å². The van der Waals surface area contributed by atoms with E-state index in [-0.39, 0.29) is 18.2 Å². The van der Waals surface area contributed by atoms with Crippen molar-refractivity contribution in [1.82, 2.24) is 4.90 Å². The van der Waals surface area contributed by atoms with Gasteiger partial charge < -0.3 is 14.7 Å². The lowest BCUT2D eigenvalue weighted by atomic mass is 9.93. The number of amides is 1. The summed E-state index contributed by atoms with van der Waals surface area (Å²) in [4.78, 5) is 24.9. The highest BCUT2D eigenvalue weighted by atomic mass is 16.5. The standard InChI is InChI=1S/C17H23NO4/c1-12-5-3-4-6-15(12)13(2)9-16(19)18-7-8-22-14(11-18)10-17(20)21/h3-6,13-14H,7-11H2,1-2H3,(H,20,21)/t13-,14+/m0/s1. The molecular formula is C17H23NO4. The number of rotatable bonds is 5. The summed E-state index contributed by atoms with van der Waals surface area (Å²) in [5, 5.41) is 8.83. The lowest BCUT2D eigenvalue weighted by molar-refractivity contribution is -0.147. The van der Waals surface area contributed by atoms with Crippen molar-refractivity contribution in [2.24, 2.45) is 0 Å². The molecule has 1 heterocycles. The minimum Gasteiger partial charge on any atom is -0.481 e. The molecule has 1 aromatic rings. The van der Waals surface area contributed by atoms with Crippen LogP contribution in [0.25, 0.3) is 0 Å². The normalized spacial score (nSPS) is 19.7. The van der Waals surface area contributed by atoms with Crippen molar-refractivity contribution in [2.45, 2.75) is 38.7 Å². The quantitative estimate of drug-likeness (QED) is 0.905. The summed E-state index contributed by atoms with van der Waals surface area (Å²) in [5.74, 6) is -0.684.